The zero-order chi connectivity index (χ0) is 20.1. The first kappa shape index (κ1) is 20.3. The Morgan fingerprint density at radius 2 is 1.82 bits per heavy atom. The Morgan fingerprint density at radius 1 is 1.07 bits per heavy atom. The fourth-order valence-corrected chi connectivity index (χ4v) is 8.19. The lowest BCUT2D eigenvalue weighted by Crippen LogP contribution is -2.51. The van der Waals surface area contributed by atoms with E-state index in [9.17, 15) is 9.90 Å². The number of ketones is 1. The highest BCUT2D eigenvalue weighted by Crippen LogP contribution is 2.64. The van der Waals surface area contributed by atoms with Crippen molar-refractivity contribution in [3.63, 3.8) is 0 Å². The molecule has 4 rings (SSSR count). The van der Waals surface area contributed by atoms with Crippen molar-refractivity contribution >= 4 is 12.0 Å². The molecule has 4 saturated carbocycles. The van der Waals surface area contributed by atoms with Gasteiger partial charge in [0.05, 0.1) is 5.60 Å². The zero-order valence-corrected chi connectivity index (χ0v) is 18.1. The maximum atomic E-state index is 13.1. The third-order valence-corrected chi connectivity index (χ3v) is 9.34. The second kappa shape index (κ2) is 7.38. The molecule has 0 spiro atoms. The van der Waals surface area contributed by atoms with E-state index < -0.39 is 5.60 Å². The lowest BCUT2D eigenvalue weighted by atomic mass is 9.49. The van der Waals surface area contributed by atoms with Gasteiger partial charge < -0.3 is 5.11 Å². The van der Waals surface area contributed by atoms with Gasteiger partial charge in [0.2, 0.25) is 0 Å². The van der Waals surface area contributed by atoms with Crippen molar-refractivity contribution in [2.75, 3.05) is 7.05 Å². The number of aliphatic hydroxyl groups is 1. The smallest absolute Gasteiger partial charge is 0.140 e. The topological polar surface area (TPSA) is 49.7 Å². The van der Waals surface area contributed by atoms with E-state index in [1.165, 1.54) is 38.5 Å². The van der Waals surface area contributed by atoms with E-state index in [0.29, 0.717) is 12.2 Å². The van der Waals surface area contributed by atoms with Crippen LogP contribution in [0.25, 0.3) is 0 Å². The fraction of sp³-hybridized carbons (Fsp3) is 0.840. The minimum Gasteiger partial charge on any atom is -0.390 e. The molecule has 0 unspecified atom stereocenters. The molecule has 4 aliphatic carbocycles. The molecule has 0 aromatic rings. The number of fused-ring (bicyclic) bond motifs is 5. The third kappa shape index (κ3) is 3.42. The average molecular weight is 386 g/mol. The van der Waals surface area contributed by atoms with E-state index >= 15 is 0 Å². The number of nitrogens with zero attached hydrogens (tertiary/aromatic N) is 1. The van der Waals surface area contributed by atoms with Crippen LogP contribution in [0.2, 0.25) is 0 Å². The van der Waals surface area contributed by atoms with Crippen molar-refractivity contribution in [3.8, 4) is 0 Å². The Morgan fingerprint density at radius 3 is 2.57 bits per heavy atom. The van der Waals surface area contributed by atoms with Crippen molar-refractivity contribution < 1.29 is 9.90 Å². The molecule has 0 saturated heterocycles. The molecule has 0 aromatic heterocycles. The summed E-state index contributed by atoms with van der Waals surface area (Å²) in [5, 5.41) is 10.6. The van der Waals surface area contributed by atoms with Gasteiger partial charge in [-0.15, -0.1) is 0 Å². The largest absolute Gasteiger partial charge is 0.390 e. The van der Waals surface area contributed by atoms with Crippen LogP contribution < -0.4 is 0 Å². The molecule has 3 nitrogen and oxygen atoms in total. The summed E-state index contributed by atoms with van der Waals surface area (Å²) in [4.78, 5) is 17.1. The van der Waals surface area contributed by atoms with Crippen molar-refractivity contribution in [2.24, 2.45) is 45.9 Å². The lowest BCUT2D eigenvalue weighted by molar-refractivity contribution is -0.131. The molecule has 28 heavy (non-hydrogen) atoms. The SMILES string of the molecule is C=C(C=NC)CC(=O)[C@H]1CC[C@H]2[C@@H]3CC[C@@H]4C[C@](C)(O)CC[C@@H]4[C@H]3CC[C@]12C. The number of rotatable bonds is 4. The van der Waals surface area contributed by atoms with Gasteiger partial charge >= 0.3 is 0 Å². The van der Waals surface area contributed by atoms with Crippen LogP contribution in [0, 0.1) is 40.9 Å². The normalized spacial score (nSPS) is 48.0. The highest BCUT2D eigenvalue weighted by molar-refractivity contribution is 5.91. The van der Waals surface area contributed by atoms with E-state index in [1.807, 2.05) is 6.92 Å². The van der Waals surface area contributed by atoms with Crippen LogP contribution in [0.3, 0.4) is 0 Å². The molecule has 0 heterocycles. The Balaban J connectivity index is 1.48. The molecule has 8 atom stereocenters. The minimum atomic E-state index is -0.438. The number of aliphatic imine (C=N–C) groups is 1. The number of allylic oxidation sites excluding steroid dienone is 1. The molecule has 0 radical (unpaired) electrons. The Kier molecular flexibility index (Phi) is 5.35. The summed E-state index contributed by atoms with van der Waals surface area (Å²) in [5.41, 5.74) is 0.601. The van der Waals surface area contributed by atoms with E-state index in [0.717, 1.165) is 54.4 Å². The lowest BCUT2D eigenvalue weighted by Gasteiger charge is -2.56. The van der Waals surface area contributed by atoms with Crippen LogP contribution in [-0.2, 0) is 4.79 Å². The molecule has 0 bridgehead atoms. The van der Waals surface area contributed by atoms with Crippen molar-refractivity contribution in [2.45, 2.75) is 83.7 Å². The molecular weight excluding hydrogens is 346 g/mol. The summed E-state index contributed by atoms with van der Waals surface area (Å²) < 4.78 is 0. The number of carbonyl (C=O) groups is 1. The second-order valence-corrected chi connectivity index (χ2v) is 11.0. The Hall–Kier alpha value is -0.960. The van der Waals surface area contributed by atoms with Gasteiger partial charge in [0.15, 0.2) is 0 Å². The fourth-order valence-electron chi connectivity index (χ4n) is 8.19. The van der Waals surface area contributed by atoms with E-state index in [1.54, 1.807) is 13.3 Å². The van der Waals surface area contributed by atoms with Gasteiger partial charge in [-0.3, -0.25) is 9.79 Å². The molecular formula is C25H39NO2. The summed E-state index contributed by atoms with van der Waals surface area (Å²) in [5.74, 6) is 4.52. The van der Waals surface area contributed by atoms with Gasteiger partial charge in [-0.25, -0.2) is 0 Å². The maximum absolute atomic E-state index is 13.1. The summed E-state index contributed by atoms with van der Waals surface area (Å²) in [6.07, 6.45) is 12.8. The van der Waals surface area contributed by atoms with Crippen LogP contribution in [0.1, 0.15) is 78.1 Å². The van der Waals surface area contributed by atoms with Crippen LogP contribution in [0.5, 0.6) is 0 Å². The van der Waals surface area contributed by atoms with Crippen molar-refractivity contribution in [3.05, 3.63) is 12.2 Å². The van der Waals surface area contributed by atoms with Gasteiger partial charge in [0.25, 0.3) is 0 Å². The van der Waals surface area contributed by atoms with Gasteiger partial charge in [-0.05, 0) is 105 Å². The molecule has 4 fully saturated rings. The molecule has 4 aliphatic rings. The molecule has 3 heteroatoms. The number of hydrogen-bond donors (Lipinski definition) is 1. The first-order chi connectivity index (χ1) is 13.2. The molecule has 156 valence electrons. The van der Waals surface area contributed by atoms with Crippen molar-refractivity contribution in [1.82, 2.24) is 0 Å². The summed E-state index contributed by atoms with van der Waals surface area (Å²) >= 11 is 0. The summed E-state index contributed by atoms with van der Waals surface area (Å²) in [6, 6.07) is 0. The second-order valence-electron chi connectivity index (χ2n) is 11.0. The van der Waals surface area contributed by atoms with Crippen molar-refractivity contribution in [1.29, 1.82) is 0 Å². The van der Waals surface area contributed by atoms with E-state index in [-0.39, 0.29) is 11.3 Å². The third-order valence-electron chi connectivity index (χ3n) is 9.34. The Labute approximate surface area is 171 Å². The predicted molar refractivity (Wildman–Crippen MR) is 114 cm³/mol. The number of Topliss-reactive ketones (excluding diaryl/α,β-unsaturated/α-hetero) is 1. The summed E-state index contributed by atoms with van der Waals surface area (Å²) in [6.45, 7) is 8.48. The van der Waals surface area contributed by atoms with Gasteiger partial charge in [-0.1, -0.05) is 13.5 Å². The van der Waals surface area contributed by atoms with Gasteiger partial charge in [0.1, 0.15) is 5.78 Å². The van der Waals surface area contributed by atoms with Gasteiger partial charge in [-0.2, -0.15) is 0 Å². The van der Waals surface area contributed by atoms with Crippen LogP contribution in [-0.4, -0.2) is 29.8 Å². The number of carbonyl (C=O) groups excluding carboxylic acids is 1. The number of hydrogen-bond acceptors (Lipinski definition) is 3. The first-order valence-corrected chi connectivity index (χ1v) is 11.6. The highest BCUT2D eigenvalue weighted by Gasteiger charge is 2.58. The van der Waals surface area contributed by atoms with Gasteiger partial charge in [0, 0.05) is 25.6 Å². The average Bonchev–Trinajstić information content (AvgIpc) is 2.98. The molecule has 1 N–H and O–H groups in total. The maximum Gasteiger partial charge on any atom is 0.140 e. The molecule has 0 aromatic carbocycles. The quantitative estimate of drug-likeness (QED) is 0.674. The predicted octanol–water partition coefficient (Wildman–Crippen LogP) is 5.22. The summed E-state index contributed by atoms with van der Waals surface area (Å²) in [7, 11) is 1.74. The van der Waals surface area contributed by atoms with Crippen LogP contribution in [0.4, 0.5) is 0 Å². The van der Waals surface area contributed by atoms with Crippen LogP contribution in [0.15, 0.2) is 17.1 Å². The zero-order valence-electron chi connectivity index (χ0n) is 18.1. The van der Waals surface area contributed by atoms with Crippen LogP contribution >= 0.6 is 0 Å². The highest BCUT2D eigenvalue weighted by atomic mass is 16.3. The monoisotopic (exact) mass is 385 g/mol. The van der Waals surface area contributed by atoms with E-state index in [4.69, 9.17) is 0 Å². The standard InChI is InChI=1S/C25H39NO2/c1-16(15-26-4)13-23(27)22-8-7-21-20-6-5-17-14-24(2,28)11-9-18(17)19(20)10-12-25(21,22)3/h15,17-22,28H,1,5-14H2,2-4H3/t17-,18+,19-,20-,21+,22-,24-,25+/m1/s1. The molecule has 0 amide bonds. The Bertz CT molecular complexity index is 665. The minimum absolute atomic E-state index is 0.189. The van der Waals surface area contributed by atoms with E-state index in [2.05, 4.69) is 18.5 Å². The first-order valence-electron chi connectivity index (χ1n) is 11.6. The molecule has 0 aliphatic heterocycles.